The fraction of sp³-hybridized carbons (Fsp3) is 1.00. The average molecular weight is 242 g/mol. The molecule has 0 bridgehead atoms. The molecule has 0 aromatic rings. The molecular weight excluding hydrogens is 212 g/mol. The highest BCUT2D eigenvalue weighted by atomic mass is 16.5. The Balaban J connectivity index is 1.95. The van der Waals surface area contributed by atoms with E-state index in [9.17, 15) is 0 Å². The van der Waals surface area contributed by atoms with Crippen molar-refractivity contribution in [1.82, 2.24) is 10.2 Å². The second kappa shape index (κ2) is 8.90. The minimum atomic E-state index is 0.821. The van der Waals surface area contributed by atoms with Crippen molar-refractivity contribution in [3.8, 4) is 0 Å². The number of piperidine rings is 1. The largest absolute Gasteiger partial charge is 0.383 e. The second-order valence-corrected chi connectivity index (χ2v) is 5.66. The van der Waals surface area contributed by atoms with Gasteiger partial charge in [-0.05, 0) is 44.2 Å². The average Bonchev–Trinajstić information content (AvgIpc) is 2.26. The van der Waals surface area contributed by atoms with E-state index >= 15 is 0 Å². The van der Waals surface area contributed by atoms with Gasteiger partial charge in [0.2, 0.25) is 0 Å². The molecule has 1 heterocycles. The zero-order chi connectivity index (χ0) is 12.5. The monoisotopic (exact) mass is 242 g/mol. The van der Waals surface area contributed by atoms with E-state index in [1.165, 1.54) is 38.9 Å². The molecule has 1 fully saturated rings. The van der Waals surface area contributed by atoms with E-state index < -0.39 is 0 Å². The van der Waals surface area contributed by atoms with Crippen molar-refractivity contribution in [1.29, 1.82) is 0 Å². The zero-order valence-corrected chi connectivity index (χ0v) is 11.9. The molecule has 0 aromatic heterocycles. The number of rotatable bonds is 8. The van der Waals surface area contributed by atoms with E-state index in [1.54, 1.807) is 7.11 Å². The van der Waals surface area contributed by atoms with Gasteiger partial charge in [-0.25, -0.2) is 0 Å². The number of nitrogens with one attached hydrogen (secondary N) is 1. The Bertz CT molecular complexity index is 177. The van der Waals surface area contributed by atoms with Gasteiger partial charge < -0.3 is 15.0 Å². The molecule has 2 atom stereocenters. The van der Waals surface area contributed by atoms with E-state index in [-0.39, 0.29) is 0 Å². The van der Waals surface area contributed by atoms with Gasteiger partial charge in [-0.1, -0.05) is 13.8 Å². The third-order valence-electron chi connectivity index (χ3n) is 3.51. The predicted octanol–water partition coefficient (Wildman–Crippen LogP) is 1.98. The van der Waals surface area contributed by atoms with Crippen LogP contribution in [0.25, 0.3) is 0 Å². The standard InChI is InChI=1S/C14H30N2O/c1-13-10-14(2)12-16(11-13)8-5-4-6-15-7-9-17-3/h13-15H,4-12H2,1-3H3. The van der Waals surface area contributed by atoms with E-state index in [2.05, 4.69) is 24.1 Å². The molecule has 1 N–H and O–H groups in total. The lowest BCUT2D eigenvalue weighted by Crippen LogP contribution is -2.39. The van der Waals surface area contributed by atoms with Crippen molar-refractivity contribution in [2.75, 3.05) is 46.4 Å². The molecule has 0 radical (unpaired) electrons. The van der Waals surface area contributed by atoms with Crippen LogP contribution in [0.1, 0.15) is 33.1 Å². The molecule has 0 aromatic carbocycles. The van der Waals surface area contributed by atoms with Crippen LogP contribution in [0.4, 0.5) is 0 Å². The van der Waals surface area contributed by atoms with Crippen LogP contribution in [0, 0.1) is 11.8 Å². The Kier molecular flexibility index (Phi) is 7.82. The van der Waals surface area contributed by atoms with Crippen molar-refractivity contribution in [2.24, 2.45) is 11.8 Å². The maximum atomic E-state index is 5.00. The molecule has 0 spiro atoms. The van der Waals surface area contributed by atoms with Gasteiger partial charge in [0, 0.05) is 26.7 Å². The van der Waals surface area contributed by atoms with E-state index in [1.807, 2.05) is 0 Å². The maximum Gasteiger partial charge on any atom is 0.0587 e. The molecule has 17 heavy (non-hydrogen) atoms. The van der Waals surface area contributed by atoms with E-state index in [4.69, 9.17) is 4.74 Å². The summed E-state index contributed by atoms with van der Waals surface area (Å²) in [7, 11) is 1.75. The predicted molar refractivity (Wildman–Crippen MR) is 73.4 cm³/mol. The van der Waals surface area contributed by atoms with Gasteiger partial charge >= 0.3 is 0 Å². The van der Waals surface area contributed by atoms with Gasteiger partial charge in [-0.3, -0.25) is 0 Å². The molecule has 0 amide bonds. The number of hydrogen-bond donors (Lipinski definition) is 1. The number of unbranched alkanes of at least 4 members (excludes halogenated alkanes) is 1. The van der Waals surface area contributed by atoms with E-state index in [0.717, 1.165) is 31.5 Å². The number of ether oxygens (including phenoxy) is 1. The van der Waals surface area contributed by atoms with Crippen LogP contribution >= 0.6 is 0 Å². The summed E-state index contributed by atoms with van der Waals surface area (Å²) >= 11 is 0. The summed E-state index contributed by atoms with van der Waals surface area (Å²) in [5.41, 5.74) is 0. The third kappa shape index (κ3) is 7.02. The molecule has 3 heteroatoms. The summed E-state index contributed by atoms with van der Waals surface area (Å²) in [4.78, 5) is 2.65. The molecule has 3 nitrogen and oxygen atoms in total. The topological polar surface area (TPSA) is 24.5 Å². The Morgan fingerprint density at radius 3 is 2.47 bits per heavy atom. The summed E-state index contributed by atoms with van der Waals surface area (Å²) in [6.07, 6.45) is 4.01. The number of methoxy groups -OCH3 is 1. The van der Waals surface area contributed by atoms with Crippen LogP contribution in [0.2, 0.25) is 0 Å². The van der Waals surface area contributed by atoms with Crippen LogP contribution < -0.4 is 5.32 Å². The second-order valence-electron chi connectivity index (χ2n) is 5.66. The Morgan fingerprint density at radius 1 is 1.12 bits per heavy atom. The number of nitrogens with zero attached hydrogens (tertiary/aromatic N) is 1. The first kappa shape index (κ1) is 14.9. The molecule has 1 saturated heterocycles. The van der Waals surface area contributed by atoms with Gasteiger partial charge in [0.15, 0.2) is 0 Å². The quantitative estimate of drug-likeness (QED) is 0.659. The zero-order valence-electron chi connectivity index (χ0n) is 11.9. The summed E-state index contributed by atoms with van der Waals surface area (Å²) in [6.45, 7) is 11.6. The lowest BCUT2D eigenvalue weighted by atomic mass is 9.92. The van der Waals surface area contributed by atoms with Gasteiger partial charge in [0.25, 0.3) is 0 Å². The first-order valence-electron chi connectivity index (χ1n) is 7.14. The summed E-state index contributed by atoms with van der Waals surface area (Å²) in [6, 6.07) is 0. The van der Waals surface area contributed by atoms with Gasteiger partial charge in [0.1, 0.15) is 0 Å². The van der Waals surface area contributed by atoms with Gasteiger partial charge in [0.05, 0.1) is 6.61 Å². The fourth-order valence-electron chi connectivity index (χ4n) is 2.86. The van der Waals surface area contributed by atoms with E-state index in [0.29, 0.717) is 0 Å². The van der Waals surface area contributed by atoms with Crippen molar-refractivity contribution in [3.63, 3.8) is 0 Å². The molecule has 102 valence electrons. The normalized spacial score (nSPS) is 26.3. The van der Waals surface area contributed by atoms with Crippen molar-refractivity contribution in [3.05, 3.63) is 0 Å². The summed E-state index contributed by atoms with van der Waals surface area (Å²) in [5, 5.41) is 3.40. The first-order chi connectivity index (χ1) is 8.22. The smallest absolute Gasteiger partial charge is 0.0587 e. The highest BCUT2D eigenvalue weighted by Gasteiger charge is 2.20. The van der Waals surface area contributed by atoms with Crippen LogP contribution in [0.15, 0.2) is 0 Å². The molecule has 1 aliphatic rings. The lowest BCUT2D eigenvalue weighted by molar-refractivity contribution is 0.139. The highest BCUT2D eigenvalue weighted by molar-refractivity contribution is 4.74. The molecule has 1 aliphatic heterocycles. The minimum absolute atomic E-state index is 0.821. The minimum Gasteiger partial charge on any atom is -0.383 e. The Labute approximate surface area is 107 Å². The van der Waals surface area contributed by atoms with Crippen molar-refractivity contribution in [2.45, 2.75) is 33.1 Å². The summed E-state index contributed by atoms with van der Waals surface area (Å²) in [5.74, 6) is 1.78. The Morgan fingerprint density at radius 2 is 1.82 bits per heavy atom. The molecule has 0 aliphatic carbocycles. The van der Waals surface area contributed by atoms with Gasteiger partial charge in [-0.2, -0.15) is 0 Å². The molecule has 2 unspecified atom stereocenters. The first-order valence-corrected chi connectivity index (χ1v) is 7.14. The number of hydrogen-bond acceptors (Lipinski definition) is 3. The maximum absolute atomic E-state index is 5.00. The molecular formula is C14H30N2O. The van der Waals surface area contributed by atoms with Gasteiger partial charge in [-0.15, -0.1) is 0 Å². The summed E-state index contributed by atoms with van der Waals surface area (Å²) < 4.78 is 5.00. The third-order valence-corrected chi connectivity index (χ3v) is 3.51. The number of likely N-dealkylation sites (tertiary alicyclic amines) is 1. The molecule has 0 saturated carbocycles. The highest BCUT2D eigenvalue weighted by Crippen LogP contribution is 2.20. The van der Waals surface area contributed by atoms with Crippen LogP contribution in [0.5, 0.6) is 0 Å². The van der Waals surface area contributed by atoms with Crippen LogP contribution in [-0.4, -0.2) is 51.3 Å². The Hall–Kier alpha value is -0.120. The molecule has 1 rings (SSSR count). The van der Waals surface area contributed by atoms with Crippen LogP contribution in [-0.2, 0) is 4.74 Å². The van der Waals surface area contributed by atoms with Crippen molar-refractivity contribution >= 4 is 0 Å². The SMILES string of the molecule is COCCNCCCCN1CC(C)CC(C)C1. The van der Waals surface area contributed by atoms with Crippen molar-refractivity contribution < 1.29 is 4.74 Å². The van der Waals surface area contributed by atoms with Crippen LogP contribution in [0.3, 0.4) is 0 Å². The lowest BCUT2D eigenvalue weighted by Gasteiger charge is -2.34. The fourth-order valence-corrected chi connectivity index (χ4v) is 2.86.